The Balaban J connectivity index is 1.95. The summed E-state index contributed by atoms with van der Waals surface area (Å²) in [5.74, 6) is -0.182. The van der Waals surface area contributed by atoms with E-state index in [2.05, 4.69) is 10.6 Å². The summed E-state index contributed by atoms with van der Waals surface area (Å²) in [7, 11) is 0. The van der Waals surface area contributed by atoms with Gasteiger partial charge in [-0.25, -0.2) is 4.39 Å². The van der Waals surface area contributed by atoms with E-state index in [-0.39, 0.29) is 5.82 Å². The number of rotatable bonds is 2. The summed E-state index contributed by atoms with van der Waals surface area (Å²) in [6.45, 7) is 2.07. The molecule has 2 nitrogen and oxygen atoms in total. The van der Waals surface area contributed by atoms with Gasteiger partial charge in [-0.2, -0.15) is 0 Å². The highest BCUT2D eigenvalue weighted by atomic mass is 19.1. The second-order valence-electron chi connectivity index (χ2n) is 3.70. The predicted octanol–water partition coefficient (Wildman–Crippen LogP) is 1.99. The van der Waals surface area contributed by atoms with Gasteiger partial charge in [-0.05, 0) is 37.6 Å². The third-order valence-electron chi connectivity index (χ3n) is 2.49. The second kappa shape index (κ2) is 4.42. The van der Waals surface area contributed by atoms with Gasteiger partial charge < -0.3 is 10.6 Å². The molecule has 0 saturated carbocycles. The molecule has 0 aliphatic carbocycles. The van der Waals surface area contributed by atoms with Crippen LogP contribution in [-0.4, -0.2) is 19.1 Å². The predicted molar refractivity (Wildman–Crippen MR) is 55.9 cm³/mol. The molecular formula is C11H15FN2. The Kier molecular flexibility index (Phi) is 2.99. The molecule has 0 unspecified atom stereocenters. The lowest BCUT2D eigenvalue weighted by molar-refractivity contribution is 0.479. The maximum absolute atomic E-state index is 12.9. The van der Waals surface area contributed by atoms with Crippen LogP contribution in [0.5, 0.6) is 0 Å². The van der Waals surface area contributed by atoms with E-state index in [0.717, 1.165) is 25.2 Å². The molecule has 1 aromatic carbocycles. The molecule has 1 aliphatic rings. The van der Waals surface area contributed by atoms with E-state index >= 15 is 0 Å². The Morgan fingerprint density at radius 1 is 1.43 bits per heavy atom. The molecule has 1 heterocycles. The fourth-order valence-electron chi connectivity index (χ4n) is 1.79. The Labute approximate surface area is 83.5 Å². The topological polar surface area (TPSA) is 24.1 Å². The molecule has 14 heavy (non-hydrogen) atoms. The normalized spacial score (nSPS) is 21.9. The zero-order chi connectivity index (χ0) is 9.80. The summed E-state index contributed by atoms with van der Waals surface area (Å²) in [4.78, 5) is 0. The Morgan fingerprint density at radius 3 is 3.07 bits per heavy atom. The molecule has 2 rings (SSSR count). The number of benzene rings is 1. The average molecular weight is 194 g/mol. The molecule has 1 aromatic rings. The first-order valence-corrected chi connectivity index (χ1v) is 5.07. The van der Waals surface area contributed by atoms with Crippen molar-refractivity contribution in [2.24, 2.45) is 0 Å². The molecule has 3 heteroatoms. The van der Waals surface area contributed by atoms with Crippen LogP contribution in [0.15, 0.2) is 24.3 Å². The van der Waals surface area contributed by atoms with Gasteiger partial charge in [0.1, 0.15) is 5.82 Å². The molecule has 1 fully saturated rings. The number of hydrogen-bond acceptors (Lipinski definition) is 2. The van der Waals surface area contributed by atoms with Crippen LogP contribution in [0, 0.1) is 5.82 Å². The summed E-state index contributed by atoms with van der Waals surface area (Å²) in [5, 5.41) is 6.63. The highest BCUT2D eigenvalue weighted by Crippen LogP contribution is 2.13. The number of anilines is 1. The standard InChI is InChI=1S/C11H15FN2/c12-9-3-1-4-10(7-9)14-11-5-2-6-13-8-11/h1,3-4,7,11,13-14H,2,5-6,8H2/t11-/m1/s1. The van der Waals surface area contributed by atoms with Crippen LogP contribution in [0.25, 0.3) is 0 Å². The monoisotopic (exact) mass is 194 g/mol. The van der Waals surface area contributed by atoms with E-state index < -0.39 is 0 Å². The summed E-state index contributed by atoms with van der Waals surface area (Å²) >= 11 is 0. The van der Waals surface area contributed by atoms with Crippen LogP contribution in [-0.2, 0) is 0 Å². The number of piperidine rings is 1. The van der Waals surface area contributed by atoms with Crippen molar-refractivity contribution in [1.82, 2.24) is 5.32 Å². The Hall–Kier alpha value is -1.09. The number of halogens is 1. The lowest BCUT2D eigenvalue weighted by atomic mass is 10.1. The SMILES string of the molecule is Fc1cccc(N[C@@H]2CCCNC2)c1. The highest BCUT2D eigenvalue weighted by molar-refractivity contribution is 5.44. The van der Waals surface area contributed by atoms with Gasteiger partial charge >= 0.3 is 0 Å². The van der Waals surface area contributed by atoms with Crippen molar-refractivity contribution in [3.8, 4) is 0 Å². The molecule has 0 radical (unpaired) electrons. The van der Waals surface area contributed by atoms with Gasteiger partial charge in [0.05, 0.1) is 0 Å². The molecule has 1 aliphatic heterocycles. The van der Waals surface area contributed by atoms with Gasteiger partial charge in [-0.3, -0.25) is 0 Å². The van der Waals surface area contributed by atoms with Crippen molar-refractivity contribution >= 4 is 5.69 Å². The minimum Gasteiger partial charge on any atom is -0.381 e. The molecule has 0 spiro atoms. The van der Waals surface area contributed by atoms with Gasteiger partial charge in [-0.15, -0.1) is 0 Å². The van der Waals surface area contributed by atoms with E-state index in [0.29, 0.717) is 6.04 Å². The first-order chi connectivity index (χ1) is 6.84. The maximum atomic E-state index is 12.9. The molecule has 0 bridgehead atoms. The summed E-state index contributed by atoms with van der Waals surface area (Å²) in [6.07, 6.45) is 2.34. The molecular weight excluding hydrogens is 179 g/mol. The minimum absolute atomic E-state index is 0.182. The zero-order valence-corrected chi connectivity index (χ0v) is 8.09. The zero-order valence-electron chi connectivity index (χ0n) is 8.09. The minimum atomic E-state index is -0.182. The first-order valence-electron chi connectivity index (χ1n) is 5.07. The smallest absolute Gasteiger partial charge is 0.125 e. The third-order valence-corrected chi connectivity index (χ3v) is 2.49. The largest absolute Gasteiger partial charge is 0.381 e. The van der Waals surface area contributed by atoms with E-state index in [9.17, 15) is 4.39 Å². The van der Waals surface area contributed by atoms with Crippen molar-refractivity contribution in [2.45, 2.75) is 18.9 Å². The van der Waals surface area contributed by atoms with Crippen LogP contribution in [0.2, 0.25) is 0 Å². The molecule has 0 amide bonds. The fraction of sp³-hybridized carbons (Fsp3) is 0.455. The van der Waals surface area contributed by atoms with E-state index in [1.807, 2.05) is 6.07 Å². The van der Waals surface area contributed by atoms with Crippen molar-refractivity contribution in [3.05, 3.63) is 30.1 Å². The van der Waals surface area contributed by atoms with Crippen molar-refractivity contribution in [2.75, 3.05) is 18.4 Å². The number of nitrogens with one attached hydrogen (secondary N) is 2. The fourth-order valence-corrected chi connectivity index (χ4v) is 1.79. The second-order valence-corrected chi connectivity index (χ2v) is 3.70. The van der Waals surface area contributed by atoms with Gasteiger partial charge in [0, 0.05) is 18.3 Å². The van der Waals surface area contributed by atoms with Crippen LogP contribution in [0.1, 0.15) is 12.8 Å². The third kappa shape index (κ3) is 2.45. The summed E-state index contributed by atoms with van der Waals surface area (Å²) < 4.78 is 12.9. The number of hydrogen-bond donors (Lipinski definition) is 2. The van der Waals surface area contributed by atoms with Crippen LogP contribution >= 0.6 is 0 Å². The summed E-state index contributed by atoms with van der Waals surface area (Å²) in [6, 6.07) is 7.07. The van der Waals surface area contributed by atoms with E-state index in [4.69, 9.17) is 0 Å². The van der Waals surface area contributed by atoms with Crippen LogP contribution in [0.4, 0.5) is 10.1 Å². The Morgan fingerprint density at radius 2 is 2.36 bits per heavy atom. The molecule has 76 valence electrons. The van der Waals surface area contributed by atoms with E-state index in [1.165, 1.54) is 18.6 Å². The molecule has 1 atom stereocenters. The highest BCUT2D eigenvalue weighted by Gasteiger charge is 2.11. The van der Waals surface area contributed by atoms with Gasteiger partial charge in [0.15, 0.2) is 0 Å². The van der Waals surface area contributed by atoms with Gasteiger partial charge in [0.2, 0.25) is 0 Å². The van der Waals surface area contributed by atoms with E-state index in [1.54, 1.807) is 6.07 Å². The lowest BCUT2D eigenvalue weighted by Crippen LogP contribution is -2.38. The maximum Gasteiger partial charge on any atom is 0.125 e. The van der Waals surface area contributed by atoms with Gasteiger partial charge in [-0.1, -0.05) is 6.07 Å². The van der Waals surface area contributed by atoms with Crippen LogP contribution < -0.4 is 10.6 Å². The van der Waals surface area contributed by atoms with Crippen molar-refractivity contribution in [1.29, 1.82) is 0 Å². The van der Waals surface area contributed by atoms with Gasteiger partial charge in [0.25, 0.3) is 0 Å². The Bertz CT molecular complexity index is 295. The quantitative estimate of drug-likeness (QED) is 0.752. The van der Waals surface area contributed by atoms with Crippen molar-refractivity contribution in [3.63, 3.8) is 0 Å². The van der Waals surface area contributed by atoms with Crippen LogP contribution in [0.3, 0.4) is 0 Å². The molecule has 2 N–H and O–H groups in total. The first kappa shape index (κ1) is 9.46. The molecule has 0 aromatic heterocycles. The lowest BCUT2D eigenvalue weighted by Gasteiger charge is -2.24. The summed E-state index contributed by atoms with van der Waals surface area (Å²) in [5.41, 5.74) is 0.874. The van der Waals surface area contributed by atoms with Crippen molar-refractivity contribution < 1.29 is 4.39 Å². The molecule has 1 saturated heterocycles. The average Bonchev–Trinajstić information content (AvgIpc) is 2.19.